The average Bonchev–Trinajstić information content (AvgIpc) is 2.92. The van der Waals surface area contributed by atoms with Gasteiger partial charge in [-0.25, -0.2) is 0 Å². The summed E-state index contributed by atoms with van der Waals surface area (Å²) in [5.41, 5.74) is 3.97. The van der Waals surface area contributed by atoms with Crippen LogP contribution in [0, 0.1) is 28.6 Å². The Labute approximate surface area is 219 Å². The third kappa shape index (κ3) is 7.86. The van der Waals surface area contributed by atoms with Gasteiger partial charge in [-0.15, -0.1) is 0 Å². The van der Waals surface area contributed by atoms with E-state index in [1.165, 1.54) is 70.6 Å². The van der Waals surface area contributed by atoms with Gasteiger partial charge >= 0.3 is 0 Å². The second kappa shape index (κ2) is 15.4. The molecule has 0 saturated heterocycles. The number of hydrogen-bond donors (Lipinski definition) is 0. The summed E-state index contributed by atoms with van der Waals surface area (Å²) in [5.74, 6) is 2.07. The molecule has 1 aliphatic carbocycles. The molecule has 0 unspecified atom stereocenters. The maximum atomic E-state index is 10.1. The third-order valence-corrected chi connectivity index (χ3v) is 7.90. The molecule has 36 heavy (non-hydrogen) atoms. The number of ether oxygens (including phenoxy) is 1. The number of benzene rings is 2. The van der Waals surface area contributed by atoms with E-state index >= 15 is 0 Å². The Balaban J connectivity index is 1.64. The van der Waals surface area contributed by atoms with E-state index in [2.05, 4.69) is 38.1 Å². The molecular formula is C33H44N2O. The van der Waals surface area contributed by atoms with Gasteiger partial charge in [0.05, 0.1) is 17.7 Å². The van der Waals surface area contributed by atoms with Gasteiger partial charge in [-0.1, -0.05) is 95.9 Å². The highest BCUT2D eigenvalue weighted by molar-refractivity contribution is 5.75. The molecule has 1 fully saturated rings. The van der Waals surface area contributed by atoms with E-state index in [0.29, 0.717) is 17.0 Å². The SMILES string of the molecule is CCCCCCC[C@H]1CC[C@H](c2ccc(-c3ccc(OCCCCCC)cc3)c(C#N)c2C#N)CC1. The van der Waals surface area contributed by atoms with E-state index in [9.17, 15) is 10.5 Å². The van der Waals surface area contributed by atoms with Crippen LogP contribution in [0.25, 0.3) is 11.1 Å². The maximum absolute atomic E-state index is 10.1. The molecule has 1 aliphatic rings. The van der Waals surface area contributed by atoms with Crippen molar-refractivity contribution in [3.05, 3.63) is 53.1 Å². The van der Waals surface area contributed by atoms with Gasteiger partial charge in [0, 0.05) is 5.56 Å². The molecule has 3 rings (SSSR count). The fourth-order valence-corrected chi connectivity index (χ4v) is 5.68. The molecule has 0 amide bonds. The van der Waals surface area contributed by atoms with Crippen LogP contribution in [0.1, 0.15) is 126 Å². The Morgan fingerprint density at radius 2 is 1.36 bits per heavy atom. The minimum atomic E-state index is 0.389. The molecule has 3 heteroatoms. The van der Waals surface area contributed by atoms with E-state index in [-0.39, 0.29) is 0 Å². The lowest BCUT2D eigenvalue weighted by Crippen LogP contribution is -2.15. The topological polar surface area (TPSA) is 56.8 Å². The molecule has 0 radical (unpaired) electrons. The second-order valence-corrected chi connectivity index (χ2v) is 10.5. The first-order valence-corrected chi connectivity index (χ1v) is 14.4. The van der Waals surface area contributed by atoms with Crippen LogP contribution < -0.4 is 4.74 Å². The smallest absolute Gasteiger partial charge is 0.119 e. The quantitative estimate of drug-likeness (QED) is 0.251. The summed E-state index contributed by atoms with van der Waals surface area (Å²) in [7, 11) is 0. The van der Waals surface area contributed by atoms with E-state index in [4.69, 9.17) is 4.74 Å². The van der Waals surface area contributed by atoms with Crippen molar-refractivity contribution in [2.75, 3.05) is 6.61 Å². The lowest BCUT2D eigenvalue weighted by molar-refractivity contribution is 0.301. The molecule has 0 aliphatic heterocycles. The number of nitrogens with zero attached hydrogens (tertiary/aromatic N) is 2. The van der Waals surface area contributed by atoms with E-state index in [1.807, 2.05) is 24.3 Å². The molecule has 0 N–H and O–H groups in total. The molecule has 0 heterocycles. The molecule has 0 atom stereocenters. The number of hydrogen-bond acceptors (Lipinski definition) is 3. The number of unbranched alkanes of at least 4 members (excludes halogenated alkanes) is 7. The summed E-state index contributed by atoms with van der Waals surface area (Å²) in [4.78, 5) is 0. The standard InChI is InChI=1S/C33H44N2O/c1-3-5-7-9-10-12-26-13-15-27(16-14-26)30-21-22-31(33(25-35)32(30)24-34)28-17-19-29(20-18-28)36-23-11-8-6-4-2/h17-22,26-27H,3-16,23H2,1-2H3/t26-,27-. The Morgan fingerprint density at radius 3 is 2.00 bits per heavy atom. The first-order valence-electron chi connectivity index (χ1n) is 14.4. The minimum absolute atomic E-state index is 0.389. The molecule has 0 bridgehead atoms. The van der Waals surface area contributed by atoms with Gasteiger partial charge in [-0.05, 0) is 67.2 Å². The van der Waals surface area contributed by atoms with Crippen LogP contribution in [0.5, 0.6) is 5.75 Å². The van der Waals surface area contributed by atoms with Gasteiger partial charge in [0.15, 0.2) is 0 Å². The zero-order valence-corrected chi connectivity index (χ0v) is 22.5. The van der Waals surface area contributed by atoms with Crippen LogP contribution in [0.15, 0.2) is 36.4 Å². The molecule has 2 aromatic rings. The summed E-state index contributed by atoms with van der Waals surface area (Å²) in [5, 5.41) is 20.1. The monoisotopic (exact) mass is 484 g/mol. The van der Waals surface area contributed by atoms with Crippen molar-refractivity contribution in [1.82, 2.24) is 0 Å². The van der Waals surface area contributed by atoms with Crippen LogP contribution in [0.3, 0.4) is 0 Å². The lowest BCUT2D eigenvalue weighted by atomic mass is 9.75. The zero-order chi connectivity index (χ0) is 25.6. The van der Waals surface area contributed by atoms with Gasteiger partial charge in [0.1, 0.15) is 17.9 Å². The molecule has 2 aromatic carbocycles. The Kier molecular flexibility index (Phi) is 11.9. The van der Waals surface area contributed by atoms with E-state index in [1.54, 1.807) is 0 Å². The van der Waals surface area contributed by atoms with Crippen LogP contribution in [-0.4, -0.2) is 6.61 Å². The summed E-state index contributed by atoms with van der Waals surface area (Å²) >= 11 is 0. The average molecular weight is 485 g/mol. The minimum Gasteiger partial charge on any atom is -0.494 e. The normalized spacial score (nSPS) is 17.3. The maximum Gasteiger partial charge on any atom is 0.119 e. The van der Waals surface area contributed by atoms with Crippen molar-refractivity contribution in [1.29, 1.82) is 10.5 Å². The van der Waals surface area contributed by atoms with Crippen molar-refractivity contribution in [3.63, 3.8) is 0 Å². The van der Waals surface area contributed by atoms with Crippen molar-refractivity contribution < 1.29 is 4.74 Å². The first kappa shape index (κ1) is 27.8. The van der Waals surface area contributed by atoms with Crippen molar-refractivity contribution in [2.45, 2.75) is 110 Å². The van der Waals surface area contributed by atoms with Gasteiger partial charge < -0.3 is 4.74 Å². The van der Waals surface area contributed by atoms with E-state index < -0.39 is 0 Å². The number of rotatable bonds is 14. The summed E-state index contributed by atoms with van der Waals surface area (Å²) in [6.45, 7) is 5.21. The third-order valence-electron chi connectivity index (χ3n) is 7.90. The largest absolute Gasteiger partial charge is 0.494 e. The predicted octanol–water partition coefficient (Wildman–Crippen LogP) is 9.69. The molecular weight excluding hydrogens is 440 g/mol. The van der Waals surface area contributed by atoms with Crippen LogP contribution in [0.4, 0.5) is 0 Å². The van der Waals surface area contributed by atoms with Gasteiger partial charge in [-0.3, -0.25) is 0 Å². The van der Waals surface area contributed by atoms with Crippen LogP contribution in [0.2, 0.25) is 0 Å². The Bertz CT molecular complexity index is 1000. The Hall–Kier alpha value is -2.78. The van der Waals surface area contributed by atoms with Crippen molar-refractivity contribution in [2.24, 2.45) is 5.92 Å². The van der Waals surface area contributed by atoms with Gasteiger partial charge in [-0.2, -0.15) is 10.5 Å². The first-order chi connectivity index (χ1) is 17.7. The van der Waals surface area contributed by atoms with Gasteiger partial charge in [0.2, 0.25) is 0 Å². The molecule has 1 saturated carbocycles. The Morgan fingerprint density at radius 1 is 0.722 bits per heavy atom. The van der Waals surface area contributed by atoms with Gasteiger partial charge in [0.25, 0.3) is 0 Å². The molecule has 0 aromatic heterocycles. The molecule has 3 nitrogen and oxygen atoms in total. The van der Waals surface area contributed by atoms with Crippen LogP contribution in [-0.2, 0) is 0 Å². The second-order valence-electron chi connectivity index (χ2n) is 10.5. The highest BCUT2D eigenvalue weighted by Gasteiger charge is 2.26. The zero-order valence-electron chi connectivity index (χ0n) is 22.5. The lowest BCUT2D eigenvalue weighted by Gasteiger charge is -2.29. The summed E-state index contributed by atoms with van der Waals surface area (Å²) < 4.78 is 5.88. The molecule has 0 spiro atoms. The molecule has 192 valence electrons. The number of nitriles is 2. The van der Waals surface area contributed by atoms with Crippen molar-refractivity contribution in [3.8, 4) is 29.0 Å². The fourth-order valence-electron chi connectivity index (χ4n) is 5.68. The highest BCUT2D eigenvalue weighted by atomic mass is 16.5. The summed E-state index contributed by atoms with van der Waals surface area (Å²) in [6, 6.07) is 16.9. The predicted molar refractivity (Wildman–Crippen MR) is 149 cm³/mol. The highest BCUT2D eigenvalue weighted by Crippen LogP contribution is 2.41. The van der Waals surface area contributed by atoms with Crippen molar-refractivity contribution >= 4 is 0 Å². The summed E-state index contributed by atoms with van der Waals surface area (Å²) in [6.07, 6.45) is 17.6. The fraction of sp³-hybridized carbons (Fsp3) is 0.576. The van der Waals surface area contributed by atoms with Crippen LogP contribution >= 0.6 is 0 Å². The van der Waals surface area contributed by atoms with E-state index in [0.717, 1.165) is 54.2 Å².